The van der Waals surface area contributed by atoms with Gasteiger partial charge in [0.15, 0.2) is 0 Å². The maximum absolute atomic E-state index is 8.90. The number of nitrogens with zero attached hydrogens (tertiary/aromatic N) is 1. The molecule has 76 valence electrons. The van der Waals surface area contributed by atoms with Gasteiger partial charge in [-0.1, -0.05) is 24.3 Å². The van der Waals surface area contributed by atoms with E-state index in [0.717, 1.165) is 11.3 Å². The number of rotatable bonds is 0. The van der Waals surface area contributed by atoms with E-state index in [1.165, 1.54) is 11.1 Å². The molecule has 0 fully saturated rings. The van der Waals surface area contributed by atoms with Crippen LogP contribution in [0.1, 0.15) is 11.1 Å². The second-order valence-electron chi connectivity index (χ2n) is 3.77. The molecule has 0 N–H and O–H groups in total. The first kappa shape index (κ1) is 8.99. The normalized spacial score (nSPS) is 11.9. The zero-order valence-electron chi connectivity index (χ0n) is 8.60. The maximum atomic E-state index is 8.90. The molecule has 0 spiro atoms. The molecule has 0 amide bonds. The Kier molecular flexibility index (Phi) is 1.91. The maximum Gasteiger partial charge on any atom is 0.127 e. The third-order valence-corrected chi connectivity index (χ3v) is 2.80. The minimum absolute atomic E-state index is 0.606. The summed E-state index contributed by atoms with van der Waals surface area (Å²) < 4.78 is 5.64. The summed E-state index contributed by atoms with van der Waals surface area (Å²) in [5.74, 6) is 0.859. The van der Waals surface area contributed by atoms with Gasteiger partial charge in [0.25, 0.3) is 0 Å². The van der Waals surface area contributed by atoms with Gasteiger partial charge >= 0.3 is 0 Å². The Labute approximate surface area is 93.7 Å². The molecule has 2 nitrogen and oxygen atoms in total. The van der Waals surface area contributed by atoms with E-state index in [1.807, 2.05) is 24.3 Å². The highest BCUT2D eigenvalue weighted by atomic mass is 16.5. The standard InChI is InChI=1S/C14H9NO/c15-8-10-5-6-14-13(7-10)12-4-2-1-3-11(12)9-16-14/h1-7H,9H2. The van der Waals surface area contributed by atoms with Gasteiger partial charge in [0, 0.05) is 5.56 Å². The molecule has 0 aromatic heterocycles. The highest BCUT2D eigenvalue weighted by Crippen LogP contribution is 2.37. The Morgan fingerprint density at radius 2 is 1.94 bits per heavy atom. The van der Waals surface area contributed by atoms with Crippen molar-refractivity contribution in [3.63, 3.8) is 0 Å². The van der Waals surface area contributed by atoms with Crippen molar-refractivity contribution in [2.75, 3.05) is 0 Å². The van der Waals surface area contributed by atoms with E-state index in [2.05, 4.69) is 18.2 Å². The molecule has 0 aliphatic carbocycles. The average molecular weight is 207 g/mol. The molecular weight excluding hydrogens is 198 g/mol. The molecule has 0 radical (unpaired) electrons. The minimum atomic E-state index is 0.606. The van der Waals surface area contributed by atoms with Gasteiger partial charge in [0.05, 0.1) is 11.6 Å². The van der Waals surface area contributed by atoms with Crippen molar-refractivity contribution in [2.45, 2.75) is 6.61 Å². The molecule has 0 unspecified atom stereocenters. The van der Waals surface area contributed by atoms with Gasteiger partial charge < -0.3 is 4.74 Å². The van der Waals surface area contributed by atoms with Crippen LogP contribution in [-0.4, -0.2) is 0 Å². The van der Waals surface area contributed by atoms with Gasteiger partial charge in [-0.3, -0.25) is 0 Å². The summed E-state index contributed by atoms with van der Waals surface area (Å²) in [6.45, 7) is 0.606. The number of hydrogen-bond donors (Lipinski definition) is 0. The molecular formula is C14H9NO. The van der Waals surface area contributed by atoms with E-state index < -0.39 is 0 Å². The molecule has 2 aromatic rings. The number of hydrogen-bond acceptors (Lipinski definition) is 2. The van der Waals surface area contributed by atoms with Crippen LogP contribution in [0.4, 0.5) is 0 Å². The lowest BCUT2D eigenvalue weighted by molar-refractivity contribution is 0.302. The van der Waals surface area contributed by atoms with Crippen LogP contribution in [0, 0.1) is 11.3 Å². The van der Waals surface area contributed by atoms with Crippen LogP contribution >= 0.6 is 0 Å². The molecule has 2 heteroatoms. The lowest BCUT2D eigenvalue weighted by Crippen LogP contribution is -2.05. The zero-order chi connectivity index (χ0) is 11.0. The summed E-state index contributed by atoms with van der Waals surface area (Å²) in [5.41, 5.74) is 4.02. The van der Waals surface area contributed by atoms with Crippen molar-refractivity contribution >= 4 is 0 Å². The Morgan fingerprint density at radius 1 is 1.06 bits per heavy atom. The van der Waals surface area contributed by atoms with Crippen LogP contribution < -0.4 is 4.74 Å². The molecule has 0 atom stereocenters. The molecule has 0 saturated heterocycles. The predicted molar refractivity (Wildman–Crippen MR) is 60.9 cm³/mol. The second kappa shape index (κ2) is 3.39. The molecule has 1 heterocycles. The van der Waals surface area contributed by atoms with Crippen LogP contribution in [-0.2, 0) is 6.61 Å². The van der Waals surface area contributed by atoms with Crippen molar-refractivity contribution < 1.29 is 4.74 Å². The first-order chi connectivity index (χ1) is 7.88. The number of nitriles is 1. The number of fused-ring (bicyclic) bond motifs is 3. The van der Waals surface area contributed by atoms with Crippen LogP contribution in [0.5, 0.6) is 5.75 Å². The first-order valence-corrected chi connectivity index (χ1v) is 5.14. The summed E-state index contributed by atoms with van der Waals surface area (Å²) in [5, 5.41) is 8.90. The van der Waals surface area contributed by atoms with Gasteiger partial charge in [-0.25, -0.2) is 0 Å². The fourth-order valence-electron chi connectivity index (χ4n) is 2.00. The third-order valence-electron chi connectivity index (χ3n) is 2.80. The van der Waals surface area contributed by atoms with Crippen LogP contribution in [0.15, 0.2) is 42.5 Å². The molecule has 3 rings (SSSR count). The minimum Gasteiger partial charge on any atom is -0.488 e. The molecule has 1 aliphatic heterocycles. The lowest BCUT2D eigenvalue weighted by atomic mass is 9.96. The van der Waals surface area contributed by atoms with Crippen LogP contribution in [0.25, 0.3) is 11.1 Å². The van der Waals surface area contributed by atoms with Gasteiger partial charge in [0.1, 0.15) is 12.4 Å². The Morgan fingerprint density at radius 3 is 2.81 bits per heavy atom. The van der Waals surface area contributed by atoms with Gasteiger partial charge in [-0.05, 0) is 29.3 Å². The van der Waals surface area contributed by atoms with Crippen LogP contribution in [0.3, 0.4) is 0 Å². The number of ether oxygens (including phenoxy) is 1. The van der Waals surface area contributed by atoms with E-state index >= 15 is 0 Å². The average Bonchev–Trinajstić information content (AvgIpc) is 2.38. The second-order valence-corrected chi connectivity index (χ2v) is 3.77. The summed E-state index contributed by atoms with van der Waals surface area (Å²) in [7, 11) is 0. The predicted octanol–water partition coefficient (Wildman–Crippen LogP) is 3.12. The largest absolute Gasteiger partial charge is 0.488 e. The van der Waals surface area contributed by atoms with E-state index in [9.17, 15) is 0 Å². The smallest absolute Gasteiger partial charge is 0.127 e. The number of benzene rings is 2. The highest BCUT2D eigenvalue weighted by Gasteiger charge is 2.16. The van der Waals surface area contributed by atoms with Gasteiger partial charge in [-0.2, -0.15) is 5.26 Å². The van der Waals surface area contributed by atoms with E-state index in [4.69, 9.17) is 10.00 Å². The van der Waals surface area contributed by atoms with Crippen molar-refractivity contribution in [1.82, 2.24) is 0 Å². The lowest BCUT2D eigenvalue weighted by Gasteiger charge is -2.20. The first-order valence-electron chi connectivity index (χ1n) is 5.14. The van der Waals surface area contributed by atoms with E-state index in [-0.39, 0.29) is 0 Å². The molecule has 0 bridgehead atoms. The van der Waals surface area contributed by atoms with Crippen molar-refractivity contribution in [3.05, 3.63) is 53.6 Å². The van der Waals surface area contributed by atoms with Crippen molar-refractivity contribution in [1.29, 1.82) is 5.26 Å². The Hall–Kier alpha value is -2.27. The topological polar surface area (TPSA) is 33.0 Å². The fraction of sp³-hybridized carbons (Fsp3) is 0.0714. The monoisotopic (exact) mass is 207 g/mol. The highest BCUT2D eigenvalue weighted by molar-refractivity contribution is 5.76. The molecule has 2 aromatic carbocycles. The van der Waals surface area contributed by atoms with Gasteiger partial charge in [-0.15, -0.1) is 0 Å². The van der Waals surface area contributed by atoms with E-state index in [0.29, 0.717) is 12.2 Å². The molecule has 1 aliphatic rings. The Balaban J connectivity index is 2.27. The van der Waals surface area contributed by atoms with Crippen LogP contribution in [0.2, 0.25) is 0 Å². The van der Waals surface area contributed by atoms with E-state index in [1.54, 1.807) is 6.07 Å². The SMILES string of the molecule is N#Cc1ccc2c(c1)-c1ccccc1CO2. The summed E-state index contributed by atoms with van der Waals surface area (Å²) in [4.78, 5) is 0. The molecule has 16 heavy (non-hydrogen) atoms. The third kappa shape index (κ3) is 1.26. The summed E-state index contributed by atoms with van der Waals surface area (Å²) in [6.07, 6.45) is 0. The zero-order valence-corrected chi connectivity index (χ0v) is 8.60. The van der Waals surface area contributed by atoms with Crippen molar-refractivity contribution in [3.8, 4) is 22.9 Å². The Bertz CT molecular complexity index is 596. The van der Waals surface area contributed by atoms with Gasteiger partial charge in [0.2, 0.25) is 0 Å². The fourth-order valence-corrected chi connectivity index (χ4v) is 2.00. The molecule has 0 saturated carbocycles. The summed E-state index contributed by atoms with van der Waals surface area (Å²) in [6, 6.07) is 15.8. The van der Waals surface area contributed by atoms with Crippen molar-refractivity contribution in [2.24, 2.45) is 0 Å². The summed E-state index contributed by atoms with van der Waals surface area (Å²) >= 11 is 0. The quantitative estimate of drug-likeness (QED) is 0.665.